The number of benzene rings is 1. The zero-order valence-corrected chi connectivity index (χ0v) is 14.3. The molecule has 0 fully saturated rings. The van der Waals surface area contributed by atoms with E-state index in [-0.39, 0.29) is 18.8 Å². The number of aliphatic hydroxyl groups is 1. The number of ether oxygens (including phenoxy) is 1. The van der Waals surface area contributed by atoms with Crippen LogP contribution in [0, 0.1) is 0 Å². The number of hydrogen-bond donors (Lipinski definition) is 2. The molecule has 1 unspecified atom stereocenters. The molecule has 0 spiro atoms. The maximum atomic E-state index is 9.18. The van der Waals surface area contributed by atoms with Crippen LogP contribution in [0.25, 0.3) is 0 Å². The summed E-state index contributed by atoms with van der Waals surface area (Å²) in [6, 6.07) is 10.0. The topological polar surface area (TPSA) is 66.7 Å². The van der Waals surface area contributed by atoms with Crippen LogP contribution in [-0.2, 0) is 6.54 Å². The molecule has 1 aromatic carbocycles. The van der Waals surface area contributed by atoms with Crippen LogP contribution in [0.4, 0.5) is 5.82 Å². The fraction of sp³-hybridized carbons (Fsp3) is 0.368. The normalized spacial score (nSPS) is 14.3. The van der Waals surface area contributed by atoms with Gasteiger partial charge in [-0.1, -0.05) is 6.07 Å². The molecule has 5 heteroatoms. The third kappa shape index (κ3) is 3.57. The summed E-state index contributed by atoms with van der Waals surface area (Å²) in [6.07, 6.45) is 1.90. The number of rotatable bonds is 6. The SMILES string of the molecule is CC(CO)Nc1cc(C2=NCc3ccc(OC(C)C)cc32)ccn1. The highest BCUT2D eigenvalue weighted by molar-refractivity contribution is 6.15. The number of nitrogens with one attached hydrogen (secondary N) is 1. The van der Waals surface area contributed by atoms with Crippen molar-refractivity contribution >= 4 is 11.5 Å². The molecular weight excluding hydrogens is 302 g/mol. The Kier molecular flexibility index (Phi) is 4.81. The minimum absolute atomic E-state index is 0.0448. The molecule has 0 aliphatic carbocycles. The summed E-state index contributed by atoms with van der Waals surface area (Å²) in [5.41, 5.74) is 4.29. The van der Waals surface area contributed by atoms with E-state index in [4.69, 9.17) is 9.73 Å². The average molecular weight is 325 g/mol. The predicted molar refractivity (Wildman–Crippen MR) is 96.0 cm³/mol. The Bertz CT molecular complexity index is 756. The van der Waals surface area contributed by atoms with Crippen molar-refractivity contribution in [2.75, 3.05) is 11.9 Å². The van der Waals surface area contributed by atoms with E-state index in [9.17, 15) is 5.11 Å². The van der Waals surface area contributed by atoms with Crippen LogP contribution in [-0.4, -0.2) is 34.6 Å². The lowest BCUT2D eigenvalue weighted by atomic mass is 10.0. The van der Waals surface area contributed by atoms with Gasteiger partial charge in [-0.25, -0.2) is 4.98 Å². The molecule has 0 saturated carbocycles. The van der Waals surface area contributed by atoms with E-state index in [2.05, 4.69) is 22.4 Å². The molecule has 0 bridgehead atoms. The second-order valence-electron chi connectivity index (χ2n) is 6.31. The van der Waals surface area contributed by atoms with Gasteiger partial charge in [-0.3, -0.25) is 4.99 Å². The van der Waals surface area contributed by atoms with Gasteiger partial charge in [0.05, 0.1) is 25.0 Å². The minimum atomic E-state index is -0.0448. The number of fused-ring (bicyclic) bond motifs is 1. The Hall–Kier alpha value is -2.40. The molecule has 2 N–H and O–H groups in total. The molecule has 3 rings (SSSR count). The van der Waals surface area contributed by atoms with Crippen molar-refractivity contribution in [1.29, 1.82) is 0 Å². The zero-order chi connectivity index (χ0) is 17.1. The number of aromatic nitrogens is 1. The fourth-order valence-electron chi connectivity index (χ4n) is 2.71. The molecule has 24 heavy (non-hydrogen) atoms. The third-order valence-corrected chi connectivity index (χ3v) is 3.82. The number of aliphatic hydroxyl groups excluding tert-OH is 1. The molecule has 2 heterocycles. The molecular formula is C19H23N3O2. The van der Waals surface area contributed by atoms with Crippen molar-refractivity contribution in [1.82, 2.24) is 4.98 Å². The van der Waals surface area contributed by atoms with Crippen molar-refractivity contribution < 1.29 is 9.84 Å². The quantitative estimate of drug-likeness (QED) is 0.857. The van der Waals surface area contributed by atoms with E-state index in [0.29, 0.717) is 6.54 Å². The smallest absolute Gasteiger partial charge is 0.126 e. The van der Waals surface area contributed by atoms with E-state index < -0.39 is 0 Å². The third-order valence-electron chi connectivity index (χ3n) is 3.82. The Morgan fingerprint density at radius 3 is 2.79 bits per heavy atom. The highest BCUT2D eigenvalue weighted by Gasteiger charge is 2.19. The van der Waals surface area contributed by atoms with Gasteiger partial charge in [0.1, 0.15) is 11.6 Å². The largest absolute Gasteiger partial charge is 0.491 e. The van der Waals surface area contributed by atoms with Gasteiger partial charge in [-0.2, -0.15) is 0 Å². The van der Waals surface area contributed by atoms with Gasteiger partial charge < -0.3 is 15.2 Å². The molecule has 2 aromatic rings. The van der Waals surface area contributed by atoms with Crippen molar-refractivity contribution in [3.05, 3.63) is 53.2 Å². The molecule has 1 aliphatic heterocycles. The molecule has 1 aliphatic rings. The van der Waals surface area contributed by atoms with E-state index in [0.717, 1.165) is 28.4 Å². The van der Waals surface area contributed by atoms with E-state index in [1.807, 2.05) is 39.0 Å². The zero-order valence-electron chi connectivity index (χ0n) is 14.3. The van der Waals surface area contributed by atoms with Gasteiger partial charge in [-0.15, -0.1) is 0 Å². The first-order valence-corrected chi connectivity index (χ1v) is 8.25. The van der Waals surface area contributed by atoms with Crippen LogP contribution in [0.5, 0.6) is 5.75 Å². The summed E-state index contributed by atoms with van der Waals surface area (Å²) < 4.78 is 5.81. The van der Waals surface area contributed by atoms with Crippen LogP contribution in [0.15, 0.2) is 41.5 Å². The Morgan fingerprint density at radius 1 is 1.21 bits per heavy atom. The van der Waals surface area contributed by atoms with Gasteiger partial charge >= 0.3 is 0 Å². The Morgan fingerprint density at radius 2 is 2.04 bits per heavy atom. The number of hydrogen-bond acceptors (Lipinski definition) is 5. The minimum Gasteiger partial charge on any atom is -0.491 e. The monoisotopic (exact) mass is 325 g/mol. The number of anilines is 1. The van der Waals surface area contributed by atoms with Crippen LogP contribution in [0.2, 0.25) is 0 Å². The Balaban J connectivity index is 1.89. The lowest BCUT2D eigenvalue weighted by Gasteiger charge is -2.13. The lowest BCUT2D eigenvalue weighted by Crippen LogP contribution is -2.20. The highest BCUT2D eigenvalue weighted by Crippen LogP contribution is 2.28. The summed E-state index contributed by atoms with van der Waals surface area (Å²) >= 11 is 0. The average Bonchev–Trinajstić information content (AvgIpc) is 2.97. The van der Waals surface area contributed by atoms with E-state index in [1.54, 1.807) is 6.20 Å². The highest BCUT2D eigenvalue weighted by atomic mass is 16.5. The summed E-state index contributed by atoms with van der Waals surface area (Å²) in [5, 5.41) is 12.4. The Labute approximate surface area is 142 Å². The summed E-state index contributed by atoms with van der Waals surface area (Å²) in [5.74, 6) is 1.60. The molecule has 0 radical (unpaired) electrons. The molecule has 5 nitrogen and oxygen atoms in total. The second-order valence-corrected chi connectivity index (χ2v) is 6.31. The van der Waals surface area contributed by atoms with E-state index >= 15 is 0 Å². The second kappa shape index (κ2) is 7.01. The predicted octanol–water partition coefficient (Wildman–Crippen LogP) is 3.01. The van der Waals surface area contributed by atoms with Gasteiger partial charge in [0.2, 0.25) is 0 Å². The van der Waals surface area contributed by atoms with Crippen molar-refractivity contribution in [2.45, 2.75) is 39.5 Å². The first kappa shape index (κ1) is 16.5. The number of aliphatic imine (C=N–C) groups is 1. The number of nitrogens with zero attached hydrogens (tertiary/aromatic N) is 2. The van der Waals surface area contributed by atoms with Crippen LogP contribution in [0.3, 0.4) is 0 Å². The van der Waals surface area contributed by atoms with Gasteiger partial charge in [0.15, 0.2) is 0 Å². The summed E-state index contributed by atoms with van der Waals surface area (Å²) in [7, 11) is 0. The lowest BCUT2D eigenvalue weighted by molar-refractivity contribution is 0.242. The van der Waals surface area contributed by atoms with Gasteiger partial charge in [0, 0.05) is 23.4 Å². The molecule has 0 saturated heterocycles. The summed E-state index contributed by atoms with van der Waals surface area (Å²) in [6.45, 7) is 6.69. The summed E-state index contributed by atoms with van der Waals surface area (Å²) in [4.78, 5) is 9.00. The number of pyridine rings is 1. The standard InChI is InChI=1S/C19H23N3O2/c1-12(2)24-16-5-4-15-10-21-19(17(15)9-16)14-6-7-20-18(8-14)22-13(3)11-23/h4-9,12-13,23H,10-11H2,1-3H3,(H,20,22). The maximum absolute atomic E-state index is 9.18. The van der Waals surface area contributed by atoms with Gasteiger partial charge in [0.25, 0.3) is 0 Å². The van der Waals surface area contributed by atoms with Crippen LogP contribution in [0.1, 0.15) is 37.5 Å². The maximum Gasteiger partial charge on any atom is 0.126 e. The van der Waals surface area contributed by atoms with Crippen LogP contribution < -0.4 is 10.1 Å². The molecule has 1 atom stereocenters. The first-order valence-electron chi connectivity index (χ1n) is 8.25. The fourth-order valence-corrected chi connectivity index (χ4v) is 2.71. The van der Waals surface area contributed by atoms with Crippen molar-refractivity contribution in [3.8, 4) is 5.75 Å². The van der Waals surface area contributed by atoms with Crippen LogP contribution >= 0.6 is 0 Å². The molecule has 1 aromatic heterocycles. The van der Waals surface area contributed by atoms with E-state index in [1.165, 1.54) is 5.56 Å². The van der Waals surface area contributed by atoms with Crippen molar-refractivity contribution in [3.63, 3.8) is 0 Å². The first-order chi connectivity index (χ1) is 11.6. The van der Waals surface area contributed by atoms with Crippen molar-refractivity contribution in [2.24, 2.45) is 4.99 Å². The van der Waals surface area contributed by atoms with Gasteiger partial charge in [-0.05, 0) is 50.6 Å². The molecule has 126 valence electrons. The molecule has 0 amide bonds.